The third kappa shape index (κ3) is 3.35. The van der Waals surface area contributed by atoms with E-state index in [0.29, 0.717) is 10.6 Å². The zero-order valence-corrected chi connectivity index (χ0v) is 20.2. The number of hydrogen-bond donors (Lipinski definition) is 0. The second kappa shape index (κ2) is 8.33. The third-order valence-corrected chi connectivity index (χ3v) is 7.41. The number of fused-ring (bicyclic) bond motifs is 3. The number of benzene rings is 3. The fraction of sp³-hybridized carbons (Fsp3) is 0.148. The van der Waals surface area contributed by atoms with E-state index >= 15 is 0 Å². The summed E-state index contributed by atoms with van der Waals surface area (Å²) in [5, 5.41) is 21.5. The highest BCUT2D eigenvalue weighted by atomic mass is 127. The van der Waals surface area contributed by atoms with Gasteiger partial charge in [-0.25, -0.2) is 0 Å². The number of Topliss-reactive ketones (excluding diaryl/α,β-unsaturated/α-hetero) is 1. The molecule has 2 heterocycles. The van der Waals surface area contributed by atoms with E-state index in [9.17, 15) is 15.3 Å². The number of carbonyl (C=O) groups is 1. The average Bonchev–Trinajstić information content (AvgIpc) is 3.14. The Morgan fingerprint density at radius 1 is 1.00 bits per heavy atom. The van der Waals surface area contributed by atoms with E-state index in [1.807, 2.05) is 71.6 Å². The molecule has 6 heteroatoms. The van der Waals surface area contributed by atoms with E-state index in [1.54, 1.807) is 18.2 Å². The van der Waals surface area contributed by atoms with Crippen molar-refractivity contribution in [3.8, 4) is 12.1 Å². The lowest BCUT2D eigenvalue weighted by Gasteiger charge is -2.35. The van der Waals surface area contributed by atoms with Crippen LogP contribution in [0.5, 0.6) is 0 Å². The first-order valence-corrected chi connectivity index (χ1v) is 11.9. The maximum absolute atomic E-state index is 14.1. The van der Waals surface area contributed by atoms with Gasteiger partial charge in [0.25, 0.3) is 0 Å². The number of ketones is 1. The van der Waals surface area contributed by atoms with Crippen molar-refractivity contribution in [2.45, 2.75) is 18.0 Å². The first-order chi connectivity index (χ1) is 16.0. The molecule has 0 saturated carbocycles. The van der Waals surface area contributed by atoms with Crippen LogP contribution in [0.4, 0.5) is 5.69 Å². The van der Waals surface area contributed by atoms with Gasteiger partial charge in [-0.2, -0.15) is 10.5 Å². The van der Waals surface area contributed by atoms with Gasteiger partial charge in [-0.05, 0) is 64.0 Å². The Hall–Kier alpha value is -3.13. The molecule has 33 heavy (non-hydrogen) atoms. The van der Waals surface area contributed by atoms with E-state index in [4.69, 9.17) is 11.6 Å². The molecule has 2 aliphatic rings. The Labute approximate surface area is 210 Å². The Kier molecular flexibility index (Phi) is 5.48. The van der Waals surface area contributed by atoms with Crippen LogP contribution in [0.2, 0.25) is 5.02 Å². The van der Waals surface area contributed by atoms with Crippen LogP contribution in [-0.2, 0) is 0 Å². The molecule has 0 aliphatic carbocycles. The van der Waals surface area contributed by atoms with Crippen LogP contribution in [0.15, 0.2) is 78.9 Å². The van der Waals surface area contributed by atoms with Gasteiger partial charge in [-0.1, -0.05) is 66.2 Å². The molecular formula is C27H17ClIN3O. The lowest BCUT2D eigenvalue weighted by molar-refractivity contribution is 0.0951. The van der Waals surface area contributed by atoms with Crippen molar-refractivity contribution >= 4 is 51.7 Å². The standard InChI is InChI=1S/C27H17ClIN3O/c28-20-10-11-22-18(13-20)9-12-23-27(15-30,16-31)24(19-7-4-8-21(29)14-19)25(32(22)23)26(33)17-5-2-1-3-6-17/h1-14,23-25H/t23-,24+,25+/m0/s1. The van der Waals surface area contributed by atoms with Crippen LogP contribution >= 0.6 is 34.2 Å². The van der Waals surface area contributed by atoms with E-state index in [2.05, 4.69) is 34.7 Å². The first-order valence-electron chi connectivity index (χ1n) is 10.4. The molecule has 3 atom stereocenters. The normalized spacial score (nSPS) is 22.1. The van der Waals surface area contributed by atoms with Gasteiger partial charge >= 0.3 is 0 Å². The van der Waals surface area contributed by atoms with Crippen LogP contribution in [0.3, 0.4) is 0 Å². The monoisotopic (exact) mass is 561 g/mol. The number of nitriles is 2. The first kappa shape index (κ1) is 21.7. The maximum Gasteiger partial charge on any atom is 0.185 e. The van der Waals surface area contributed by atoms with Crippen molar-refractivity contribution < 1.29 is 4.79 Å². The predicted octanol–water partition coefficient (Wildman–Crippen LogP) is 6.23. The van der Waals surface area contributed by atoms with Gasteiger partial charge in [0.15, 0.2) is 11.2 Å². The van der Waals surface area contributed by atoms with E-state index in [-0.39, 0.29) is 5.78 Å². The molecule has 1 saturated heterocycles. The Morgan fingerprint density at radius 3 is 2.45 bits per heavy atom. The van der Waals surface area contributed by atoms with Gasteiger partial charge in [0, 0.05) is 25.8 Å². The van der Waals surface area contributed by atoms with Crippen molar-refractivity contribution in [1.82, 2.24) is 0 Å². The minimum Gasteiger partial charge on any atom is -0.351 e. The molecule has 0 N–H and O–H groups in total. The molecular weight excluding hydrogens is 545 g/mol. The molecule has 0 amide bonds. The molecule has 0 aromatic heterocycles. The highest BCUT2D eigenvalue weighted by Crippen LogP contribution is 2.55. The average molecular weight is 562 g/mol. The van der Waals surface area contributed by atoms with Gasteiger partial charge in [0.2, 0.25) is 0 Å². The molecule has 1 fully saturated rings. The van der Waals surface area contributed by atoms with Gasteiger partial charge in [0.1, 0.15) is 6.04 Å². The summed E-state index contributed by atoms with van der Waals surface area (Å²) in [4.78, 5) is 16.0. The smallest absolute Gasteiger partial charge is 0.185 e. The quantitative estimate of drug-likeness (QED) is 0.281. The van der Waals surface area contributed by atoms with Crippen LogP contribution in [0, 0.1) is 31.6 Å². The van der Waals surface area contributed by atoms with Crippen LogP contribution < -0.4 is 4.90 Å². The van der Waals surface area contributed by atoms with E-state index in [1.165, 1.54) is 0 Å². The minimum absolute atomic E-state index is 0.118. The van der Waals surface area contributed by atoms with Crippen molar-refractivity contribution in [3.05, 3.63) is 104 Å². The summed E-state index contributed by atoms with van der Waals surface area (Å²) in [6, 6.07) is 25.7. The second-order valence-electron chi connectivity index (χ2n) is 8.21. The second-order valence-corrected chi connectivity index (χ2v) is 9.90. The summed E-state index contributed by atoms with van der Waals surface area (Å²) >= 11 is 8.46. The molecule has 0 unspecified atom stereocenters. The minimum atomic E-state index is -1.45. The summed E-state index contributed by atoms with van der Waals surface area (Å²) in [5.41, 5.74) is 1.56. The molecule has 2 aliphatic heterocycles. The molecule has 3 aromatic rings. The van der Waals surface area contributed by atoms with Crippen molar-refractivity contribution in [3.63, 3.8) is 0 Å². The summed E-state index contributed by atoms with van der Waals surface area (Å²) < 4.78 is 0.980. The zero-order chi connectivity index (χ0) is 23.2. The topological polar surface area (TPSA) is 67.9 Å². The third-order valence-electron chi connectivity index (χ3n) is 6.50. The molecule has 160 valence electrons. The number of rotatable bonds is 3. The summed E-state index contributed by atoms with van der Waals surface area (Å²) in [7, 11) is 0. The lowest BCUT2D eigenvalue weighted by atomic mass is 9.69. The van der Waals surface area contributed by atoms with E-state index in [0.717, 1.165) is 20.4 Å². The van der Waals surface area contributed by atoms with E-state index < -0.39 is 23.4 Å². The fourth-order valence-electron chi connectivity index (χ4n) is 5.11. The zero-order valence-electron chi connectivity index (χ0n) is 17.3. The van der Waals surface area contributed by atoms with Crippen molar-refractivity contribution in [2.24, 2.45) is 5.41 Å². The highest BCUT2D eigenvalue weighted by Gasteiger charge is 2.63. The SMILES string of the molecule is N#CC1(C#N)[C@H](c2cccc(I)c2)[C@H](C(=O)c2ccccc2)N2c3ccc(Cl)cc3C=C[C@H]21. The van der Waals surface area contributed by atoms with Crippen molar-refractivity contribution in [1.29, 1.82) is 10.5 Å². The number of anilines is 1. The Bertz CT molecular complexity index is 1360. The lowest BCUT2D eigenvalue weighted by Crippen LogP contribution is -2.44. The highest BCUT2D eigenvalue weighted by molar-refractivity contribution is 14.1. The summed E-state index contributed by atoms with van der Waals surface area (Å²) in [5.74, 6) is -0.765. The van der Waals surface area contributed by atoms with Crippen LogP contribution in [0.25, 0.3) is 6.08 Å². The number of carbonyl (C=O) groups excluding carboxylic acids is 1. The molecule has 3 aromatic carbocycles. The van der Waals surface area contributed by atoms with Gasteiger partial charge in [0.05, 0.1) is 18.2 Å². The van der Waals surface area contributed by atoms with Gasteiger partial charge in [-0.3, -0.25) is 4.79 Å². The Morgan fingerprint density at radius 2 is 1.76 bits per heavy atom. The summed E-state index contributed by atoms with van der Waals surface area (Å²) in [6.45, 7) is 0. The molecule has 4 nitrogen and oxygen atoms in total. The number of hydrogen-bond acceptors (Lipinski definition) is 4. The molecule has 0 spiro atoms. The fourth-order valence-corrected chi connectivity index (χ4v) is 5.86. The number of nitrogens with zero attached hydrogens (tertiary/aromatic N) is 3. The molecule has 0 radical (unpaired) electrons. The van der Waals surface area contributed by atoms with Crippen molar-refractivity contribution in [2.75, 3.05) is 4.90 Å². The number of halogens is 2. The van der Waals surface area contributed by atoms with Crippen LogP contribution in [-0.4, -0.2) is 17.9 Å². The van der Waals surface area contributed by atoms with Crippen LogP contribution in [0.1, 0.15) is 27.4 Å². The predicted molar refractivity (Wildman–Crippen MR) is 137 cm³/mol. The van der Waals surface area contributed by atoms with Gasteiger partial charge in [-0.15, -0.1) is 0 Å². The maximum atomic E-state index is 14.1. The molecule has 5 rings (SSSR count). The summed E-state index contributed by atoms with van der Waals surface area (Å²) in [6.07, 6.45) is 3.76. The largest absolute Gasteiger partial charge is 0.351 e. The molecule has 0 bridgehead atoms. The Balaban J connectivity index is 1.80. The van der Waals surface area contributed by atoms with Gasteiger partial charge < -0.3 is 4.90 Å².